The van der Waals surface area contributed by atoms with Gasteiger partial charge in [0.25, 0.3) is 0 Å². The Kier molecular flexibility index (Phi) is 5.35. The summed E-state index contributed by atoms with van der Waals surface area (Å²) in [5.74, 6) is 2.26. The van der Waals surface area contributed by atoms with E-state index in [1.165, 1.54) is 0 Å². The average Bonchev–Trinajstić information content (AvgIpc) is 1.99. The molecule has 0 aromatic carbocycles. The Morgan fingerprint density at radius 2 is 2.27 bits per heavy atom. The molecule has 0 saturated heterocycles. The standard InChI is InChI=1S/C8H16N2S/c1-3-11-6-4-5-8(2,10)7-9/h3-6,10H2,1-2H3. The molecule has 0 aliphatic heterocycles. The molecule has 0 rings (SSSR count). The van der Waals surface area contributed by atoms with Crippen molar-refractivity contribution >= 4 is 11.8 Å². The molecule has 2 N–H and O–H groups in total. The van der Waals surface area contributed by atoms with Crippen LogP contribution in [0.15, 0.2) is 0 Å². The van der Waals surface area contributed by atoms with Gasteiger partial charge in [-0.05, 0) is 31.3 Å². The van der Waals surface area contributed by atoms with Crippen molar-refractivity contribution in [3.8, 4) is 6.07 Å². The summed E-state index contributed by atoms with van der Waals surface area (Å²) in [5, 5.41) is 8.57. The lowest BCUT2D eigenvalue weighted by molar-refractivity contribution is 0.540. The fourth-order valence-electron chi connectivity index (χ4n) is 0.742. The van der Waals surface area contributed by atoms with E-state index in [1.807, 2.05) is 11.8 Å². The third kappa shape index (κ3) is 6.21. The first-order chi connectivity index (χ1) is 5.12. The second kappa shape index (κ2) is 5.45. The quantitative estimate of drug-likeness (QED) is 0.643. The van der Waals surface area contributed by atoms with Crippen molar-refractivity contribution < 1.29 is 0 Å². The number of hydrogen-bond acceptors (Lipinski definition) is 3. The van der Waals surface area contributed by atoms with Crippen LogP contribution in [0.3, 0.4) is 0 Å². The molecule has 0 aromatic heterocycles. The minimum atomic E-state index is -0.617. The van der Waals surface area contributed by atoms with Gasteiger partial charge in [0.15, 0.2) is 0 Å². The molecule has 0 radical (unpaired) electrons. The first-order valence-corrected chi connectivity index (χ1v) is 5.05. The Bertz CT molecular complexity index is 138. The number of thioether (sulfide) groups is 1. The smallest absolute Gasteiger partial charge is 0.101 e. The molecular formula is C8H16N2S. The molecular weight excluding hydrogens is 156 g/mol. The zero-order valence-corrected chi connectivity index (χ0v) is 8.08. The third-order valence-corrected chi connectivity index (χ3v) is 2.43. The van der Waals surface area contributed by atoms with Gasteiger partial charge in [-0.2, -0.15) is 17.0 Å². The van der Waals surface area contributed by atoms with Gasteiger partial charge in [0.1, 0.15) is 5.54 Å². The zero-order chi connectivity index (χ0) is 8.74. The Balaban J connectivity index is 3.32. The van der Waals surface area contributed by atoms with Crippen LogP contribution >= 0.6 is 11.8 Å². The first-order valence-electron chi connectivity index (χ1n) is 3.90. The van der Waals surface area contributed by atoms with E-state index in [-0.39, 0.29) is 0 Å². The SMILES string of the molecule is CCSCCCC(C)(N)C#N. The van der Waals surface area contributed by atoms with E-state index in [9.17, 15) is 0 Å². The minimum Gasteiger partial charge on any atom is -0.314 e. The maximum Gasteiger partial charge on any atom is 0.101 e. The van der Waals surface area contributed by atoms with Crippen LogP contribution in [-0.4, -0.2) is 17.0 Å². The highest BCUT2D eigenvalue weighted by Crippen LogP contribution is 2.10. The highest BCUT2D eigenvalue weighted by atomic mass is 32.2. The van der Waals surface area contributed by atoms with Crippen LogP contribution < -0.4 is 5.73 Å². The van der Waals surface area contributed by atoms with Gasteiger partial charge in [-0.1, -0.05) is 6.92 Å². The van der Waals surface area contributed by atoms with E-state index in [2.05, 4.69) is 13.0 Å². The summed E-state index contributed by atoms with van der Waals surface area (Å²) in [5.41, 5.74) is 5.01. The lowest BCUT2D eigenvalue weighted by Crippen LogP contribution is -2.33. The Morgan fingerprint density at radius 1 is 1.64 bits per heavy atom. The summed E-state index contributed by atoms with van der Waals surface area (Å²) in [6, 6.07) is 2.09. The molecule has 0 aromatic rings. The number of rotatable bonds is 5. The predicted molar refractivity (Wildman–Crippen MR) is 50.4 cm³/mol. The molecule has 1 atom stereocenters. The Hall–Kier alpha value is -0.200. The summed E-state index contributed by atoms with van der Waals surface area (Å²) in [4.78, 5) is 0. The maximum absolute atomic E-state index is 8.57. The van der Waals surface area contributed by atoms with Gasteiger partial charge < -0.3 is 5.73 Å². The van der Waals surface area contributed by atoms with E-state index in [0.717, 1.165) is 24.3 Å². The summed E-state index contributed by atoms with van der Waals surface area (Å²) in [7, 11) is 0. The molecule has 64 valence electrons. The van der Waals surface area contributed by atoms with Gasteiger partial charge in [-0.3, -0.25) is 0 Å². The second-order valence-corrected chi connectivity index (χ2v) is 4.22. The summed E-state index contributed by atoms with van der Waals surface area (Å²) >= 11 is 1.89. The summed E-state index contributed by atoms with van der Waals surface area (Å²) < 4.78 is 0. The molecule has 0 spiro atoms. The summed E-state index contributed by atoms with van der Waals surface area (Å²) in [6.07, 6.45) is 1.84. The second-order valence-electron chi connectivity index (χ2n) is 2.83. The van der Waals surface area contributed by atoms with E-state index in [4.69, 9.17) is 11.0 Å². The van der Waals surface area contributed by atoms with Crippen LogP contribution in [0.25, 0.3) is 0 Å². The predicted octanol–water partition coefficient (Wildman–Crippen LogP) is 1.76. The van der Waals surface area contributed by atoms with Gasteiger partial charge >= 0.3 is 0 Å². The molecule has 11 heavy (non-hydrogen) atoms. The molecule has 0 bridgehead atoms. The number of nitrogens with two attached hydrogens (primary N) is 1. The molecule has 0 aliphatic carbocycles. The largest absolute Gasteiger partial charge is 0.314 e. The molecule has 0 amide bonds. The van der Waals surface area contributed by atoms with E-state index in [1.54, 1.807) is 6.92 Å². The molecule has 0 fully saturated rings. The fourth-order valence-corrected chi connectivity index (χ4v) is 1.38. The van der Waals surface area contributed by atoms with Gasteiger partial charge in [0, 0.05) is 0 Å². The van der Waals surface area contributed by atoms with Crippen LogP contribution in [0.1, 0.15) is 26.7 Å². The molecule has 2 nitrogen and oxygen atoms in total. The maximum atomic E-state index is 8.57. The van der Waals surface area contributed by atoms with Crippen LogP contribution in [0.5, 0.6) is 0 Å². The van der Waals surface area contributed by atoms with Crippen LogP contribution in [-0.2, 0) is 0 Å². The fraction of sp³-hybridized carbons (Fsp3) is 0.875. The van der Waals surface area contributed by atoms with Crippen LogP contribution in [0, 0.1) is 11.3 Å². The van der Waals surface area contributed by atoms with Gasteiger partial charge in [0.2, 0.25) is 0 Å². The van der Waals surface area contributed by atoms with Crippen molar-refractivity contribution in [3.05, 3.63) is 0 Å². The monoisotopic (exact) mass is 172 g/mol. The normalized spacial score (nSPS) is 15.5. The highest BCUT2D eigenvalue weighted by molar-refractivity contribution is 7.99. The zero-order valence-electron chi connectivity index (χ0n) is 7.26. The topological polar surface area (TPSA) is 49.8 Å². The molecule has 0 aliphatic rings. The first kappa shape index (κ1) is 10.8. The average molecular weight is 172 g/mol. The Morgan fingerprint density at radius 3 is 2.73 bits per heavy atom. The van der Waals surface area contributed by atoms with Crippen molar-refractivity contribution in [2.45, 2.75) is 32.2 Å². The highest BCUT2D eigenvalue weighted by Gasteiger charge is 2.15. The van der Waals surface area contributed by atoms with Crippen molar-refractivity contribution in [2.24, 2.45) is 5.73 Å². The van der Waals surface area contributed by atoms with Crippen molar-refractivity contribution in [2.75, 3.05) is 11.5 Å². The molecule has 1 unspecified atom stereocenters. The van der Waals surface area contributed by atoms with E-state index < -0.39 is 5.54 Å². The summed E-state index contributed by atoms with van der Waals surface area (Å²) in [6.45, 7) is 3.92. The molecule has 3 heteroatoms. The number of nitriles is 1. The Labute approximate surface area is 73.1 Å². The van der Waals surface area contributed by atoms with Crippen molar-refractivity contribution in [1.29, 1.82) is 5.26 Å². The van der Waals surface area contributed by atoms with Crippen molar-refractivity contribution in [1.82, 2.24) is 0 Å². The lowest BCUT2D eigenvalue weighted by Gasteiger charge is -2.13. The van der Waals surface area contributed by atoms with Gasteiger partial charge in [-0.15, -0.1) is 0 Å². The van der Waals surface area contributed by atoms with Crippen molar-refractivity contribution in [3.63, 3.8) is 0 Å². The van der Waals surface area contributed by atoms with Crippen LogP contribution in [0.2, 0.25) is 0 Å². The van der Waals surface area contributed by atoms with Crippen LogP contribution in [0.4, 0.5) is 0 Å². The third-order valence-electron chi connectivity index (χ3n) is 1.44. The molecule has 0 saturated carbocycles. The van der Waals surface area contributed by atoms with E-state index in [0.29, 0.717) is 0 Å². The van der Waals surface area contributed by atoms with E-state index >= 15 is 0 Å². The number of nitrogens with zero attached hydrogens (tertiary/aromatic N) is 1. The van der Waals surface area contributed by atoms with Gasteiger partial charge in [-0.25, -0.2) is 0 Å². The number of hydrogen-bond donors (Lipinski definition) is 1. The lowest BCUT2D eigenvalue weighted by atomic mass is 10.0. The van der Waals surface area contributed by atoms with Gasteiger partial charge in [0.05, 0.1) is 6.07 Å². The minimum absolute atomic E-state index is 0.617. The molecule has 0 heterocycles.